The van der Waals surface area contributed by atoms with Gasteiger partial charge in [-0.15, -0.1) is 11.3 Å². The fourth-order valence-corrected chi connectivity index (χ4v) is 7.49. The molecule has 1 saturated heterocycles. The molecule has 9 heteroatoms. The Morgan fingerprint density at radius 2 is 2.07 bits per heavy atom. The topological polar surface area (TPSA) is 71.7 Å². The number of aryl methyl sites for hydroxylation is 3. The molecule has 0 radical (unpaired) electrons. The maximum absolute atomic E-state index is 12.9. The Bertz CT molecular complexity index is 1220. The highest BCUT2D eigenvalue weighted by Crippen LogP contribution is 2.29. The van der Waals surface area contributed by atoms with Crippen molar-refractivity contribution >= 4 is 48.8 Å². The summed E-state index contributed by atoms with van der Waals surface area (Å²) in [6, 6.07) is 6.73. The van der Waals surface area contributed by atoms with E-state index in [0.29, 0.717) is 24.2 Å². The van der Waals surface area contributed by atoms with Gasteiger partial charge in [-0.25, -0.2) is 8.42 Å². The molecular formula is C19H21N3O3S3. The third-order valence-corrected chi connectivity index (χ3v) is 9.56. The van der Waals surface area contributed by atoms with Crippen LogP contribution in [0.4, 0.5) is 0 Å². The average Bonchev–Trinajstić information content (AvgIpc) is 3.37. The van der Waals surface area contributed by atoms with Crippen molar-refractivity contribution in [1.29, 1.82) is 0 Å². The van der Waals surface area contributed by atoms with Crippen LogP contribution in [0.5, 0.6) is 0 Å². The van der Waals surface area contributed by atoms with Gasteiger partial charge < -0.3 is 4.57 Å². The minimum Gasteiger partial charge on any atom is -0.319 e. The molecule has 2 aromatic heterocycles. The minimum absolute atomic E-state index is 0.269. The molecule has 0 saturated carbocycles. The zero-order chi connectivity index (χ0) is 20.1. The predicted octanol–water partition coefficient (Wildman–Crippen LogP) is 3.20. The van der Waals surface area contributed by atoms with Crippen LogP contribution < -0.4 is 4.80 Å². The number of aromatic nitrogens is 1. The van der Waals surface area contributed by atoms with Gasteiger partial charge in [0.25, 0.3) is 15.9 Å². The van der Waals surface area contributed by atoms with Crippen LogP contribution in [0.3, 0.4) is 0 Å². The number of amides is 1. The molecule has 0 aliphatic carbocycles. The van der Waals surface area contributed by atoms with E-state index in [1.807, 2.05) is 25.5 Å². The fraction of sp³-hybridized carbons (Fsp3) is 0.368. The molecule has 1 unspecified atom stereocenters. The highest BCUT2D eigenvalue weighted by Gasteiger charge is 2.39. The normalized spacial score (nSPS) is 19.0. The molecule has 1 atom stereocenters. The largest absolute Gasteiger partial charge is 0.319 e. The molecule has 3 aromatic rings. The summed E-state index contributed by atoms with van der Waals surface area (Å²) in [4.78, 5) is 17.9. The van der Waals surface area contributed by atoms with Crippen molar-refractivity contribution in [3.63, 3.8) is 0 Å². The second-order valence-electron chi connectivity index (χ2n) is 7.03. The number of thiazole rings is 1. The van der Waals surface area contributed by atoms with E-state index in [-0.39, 0.29) is 4.21 Å². The van der Waals surface area contributed by atoms with Gasteiger partial charge in [-0.2, -0.15) is 9.30 Å². The lowest BCUT2D eigenvalue weighted by Gasteiger charge is -2.20. The number of carbonyl (C=O) groups excluding carboxylic acids is 1. The standard InChI is InChI=1S/C19H21N3O3S3/c1-12-10-13(2)17-15(11-12)21(3)19(27-17)20-18(23)14-6-4-8-22(14)28(24,25)16-7-5-9-26-16/h5,7,9-11,14H,4,6,8H2,1-3H3. The third kappa shape index (κ3) is 3.26. The van der Waals surface area contributed by atoms with Gasteiger partial charge >= 0.3 is 0 Å². The minimum atomic E-state index is -3.66. The molecular weight excluding hydrogens is 414 g/mol. The quantitative estimate of drug-likeness (QED) is 0.634. The number of nitrogens with zero attached hydrogens (tertiary/aromatic N) is 3. The van der Waals surface area contributed by atoms with Gasteiger partial charge in [-0.05, 0) is 55.3 Å². The summed E-state index contributed by atoms with van der Waals surface area (Å²) < 4.78 is 30.4. The number of carbonyl (C=O) groups is 1. The smallest absolute Gasteiger partial charge is 0.266 e. The Morgan fingerprint density at radius 3 is 2.79 bits per heavy atom. The van der Waals surface area contributed by atoms with Crippen LogP contribution in [-0.4, -0.2) is 35.8 Å². The van der Waals surface area contributed by atoms with E-state index in [1.165, 1.54) is 27.0 Å². The molecule has 1 aromatic carbocycles. The highest BCUT2D eigenvalue weighted by molar-refractivity contribution is 7.91. The fourth-order valence-electron chi connectivity index (χ4n) is 3.64. The van der Waals surface area contributed by atoms with Crippen molar-refractivity contribution in [2.24, 2.45) is 12.0 Å². The first kappa shape index (κ1) is 19.5. The molecule has 3 heterocycles. The van der Waals surface area contributed by atoms with Crippen LogP contribution >= 0.6 is 22.7 Å². The number of sulfonamides is 1. The van der Waals surface area contributed by atoms with Crippen LogP contribution in [-0.2, 0) is 21.9 Å². The van der Waals surface area contributed by atoms with Gasteiger partial charge in [-0.1, -0.05) is 23.5 Å². The molecule has 1 fully saturated rings. The molecule has 28 heavy (non-hydrogen) atoms. The summed E-state index contributed by atoms with van der Waals surface area (Å²) in [6.07, 6.45) is 1.16. The van der Waals surface area contributed by atoms with Crippen molar-refractivity contribution in [1.82, 2.24) is 8.87 Å². The molecule has 6 nitrogen and oxygen atoms in total. The Morgan fingerprint density at radius 1 is 1.29 bits per heavy atom. The van der Waals surface area contributed by atoms with Gasteiger partial charge in [0, 0.05) is 13.6 Å². The van der Waals surface area contributed by atoms with Crippen LogP contribution in [0.1, 0.15) is 24.0 Å². The van der Waals surface area contributed by atoms with Crippen molar-refractivity contribution in [3.8, 4) is 0 Å². The van der Waals surface area contributed by atoms with E-state index in [0.717, 1.165) is 21.3 Å². The SMILES string of the molecule is Cc1cc(C)c2sc(=NC(=O)C3CCCN3S(=O)(=O)c3cccs3)n(C)c2c1. The van der Waals surface area contributed by atoms with Crippen molar-refractivity contribution < 1.29 is 13.2 Å². The molecule has 0 N–H and O–H groups in total. The lowest BCUT2D eigenvalue weighted by molar-refractivity contribution is -0.121. The van der Waals surface area contributed by atoms with Crippen LogP contribution in [0, 0.1) is 13.8 Å². The Labute approximate surface area is 171 Å². The van der Waals surface area contributed by atoms with E-state index < -0.39 is 22.0 Å². The molecule has 0 bridgehead atoms. The van der Waals surface area contributed by atoms with Crippen LogP contribution in [0.15, 0.2) is 38.8 Å². The summed E-state index contributed by atoms with van der Waals surface area (Å²) in [5, 5.41) is 1.73. The number of hydrogen-bond acceptors (Lipinski definition) is 5. The van der Waals surface area contributed by atoms with Crippen molar-refractivity contribution in [2.45, 2.75) is 36.9 Å². The van der Waals surface area contributed by atoms with Gasteiger partial charge in [0.05, 0.1) is 10.2 Å². The van der Waals surface area contributed by atoms with Crippen molar-refractivity contribution in [2.75, 3.05) is 6.54 Å². The molecule has 0 spiro atoms. The zero-order valence-electron chi connectivity index (χ0n) is 15.9. The number of thiophene rings is 1. The molecule has 148 valence electrons. The summed E-state index contributed by atoms with van der Waals surface area (Å²) in [5.41, 5.74) is 3.33. The Hall–Kier alpha value is -1.81. The summed E-state index contributed by atoms with van der Waals surface area (Å²) in [7, 11) is -1.77. The maximum Gasteiger partial charge on any atom is 0.266 e. The first-order chi connectivity index (χ1) is 13.3. The zero-order valence-corrected chi connectivity index (χ0v) is 18.3. The van der Waals surface area contributed by atoms with Crippen LogP contribution in [0.25, 0.3) is 10.2 Å². The number of hydrogen-bond donors (Lipinski definition) is 0. The summed E-state index contributed by atoms with van der Waals surface area (Å²) in [5.74, 6) is -0.394. The van der Waals surface area contributed by atoms with E-state index >= 15 is 0 Å². The maximum atomic E-state index is 12.9. The van der Waals surface area contributed by atoms with Gasteiger partial charge in [0.15, 0.2) is 4.80 Å². The first-order valence-corrected chi connectivity index (χ1v) is 12.1. The Balaban J connectivity index is 1.73. The lowest BCUT2D eigenvalue weighted by atomic mass is 10.1. The van der Waals surface area contributed by atoms with E-state index in [2.05, 4.69) is 17.1 Å². The molecule has 1 amide bonds. The van der Waals surface area contributed by atoms with E-state index in [1.54, 1.807) is 17.5 Å². The third-order valence-electron chi connectivity index (χ3n) is 4.99. The highest BCUT2D eigenvalue weighted by atomic mass is 32.2. The number of rotatable bonds is 3. The average molecular weight is 436 g/mol. The first-order valence-electron chi connectivity index (χ1n) is 9.00. The van der Waals surface area contributed by atoms with E-state index in [4.69, 9.17) is 0 Å². The van der Waals surface area contributed by atoms with Gasteiger partial charge in [0.1, 0.15) is 10.3 Å². The summed E-state index contributed by atoms with van der Waals surface area (Å²) in [6.45, 7) is 4.44. The second kappa shape index (κ2) is 7.22. The predicted molar refractivity (Wildman–Crippen MR) is 112 cm³/mol. The van der Waals surface area contributed by atoms with Crippen molar-refractivity contribution in [3.05, 3.63) is 45.6 Å². The lowest BCUT2D eigenvalue weighted by Crippen LogP contribution is -2.40. The van der Waals surface area contributed by atoms with Gasteiger partial charge in [0.2, 0.25) is 0 Å². The van der Waals surface area contributed by atoms with Crippen LogP contribution in [0.2, 0.25) is 0 Å². The molecule has 4 rings (SSSR count). The van der Waals surface area contributed by atoms with Gasteiger partial charge in [-0.3, -0.25) is 4.79 Å². The Kier molecular flexibility index (Phi) is 5.03. The monoisotopic (exact) mass is 435 g/mol. The second-order valence-corrected chi connectivity index (χ2v) is 11.1. The number of benzene rings is 1. The number of fused-ring (bicyclic) bond motifs is 1. The van der Waals surface area contributed by atoms with E-state index in [9.17, 15) is 13.2 Å². The molecule has 1 aliphatic heterocycles. The summed E-state index contributed by atoms with van der Waals surface area (Å²) >= 11 is 2.63. The molecule has 1 aliphatic rings.